The third kappa shape index (κ3) is 2.87. The van der Waals surface area contributed by atoms with Gasteiger partial charge in [0.2, 0.25) is 0 Å². The number of nitrogens with zero attached hydrogens (tertiary/aromatic N) is 2. The number of nitrogens with one attached hydrogen (secondary N) is 1. The Morgan fingerprint density at radius 1 is 1.38 bits per heavy atom. The molecule has 0 spiro atoms. The van der Waals surface area contributed by atoms with Crippen LogP contribution in [0.3, 0.4) is 0 Å². The molecule has 108 valence electrons. The molecule has 4 nitrogen and oxygen atoms in total. The molecule has 21 heavy (non-hydrogen) atoms. The number of carbonyl (C=O) groups is 1. The zero-order valence-corrected chi connectivity index (χ0v) is 13.9. The first-order valence-electron chi connectivity index (χ1n) is 6.69. The maximum atomic E-state index is 12.1. The standard InChI is InChI=1S/C15H14BrN3OS/c1-2-7-17-14(20)13-9-21-15-18-12(8-19(13)15)10-3-5-11(16)6-4-10/h3-6,8-9H,2,7H2,1H3,(H,17,20). The smallest absolute Gasteiger partial charge is 0.269 e. The Bertz CT molecular complexity index is 776. The van der Waals surface area contributed by atoms with Crippen molar-refractivity contribution in [1.29, 1.82) is 0 Å². The Morgan fingerprint density at radius 3 is 2.86 bits per heavy atom. The second-order valence-corrected chi connectivity index (χ2v) is 6.41. The van der Waals surface area contributed by atoms with Crippen LogP contribution in [0.25, 0.3) is 16.2 Å². The van der Waals surface area contributed by atoms with Crippen molar-refractivity contribution in [3.05, 3.63) is 46.0 Å². The van der Waals surface area contributed by atoms with Gasteiger partial charge in [-0.3, -0.25) is 9.20 Å². The van der Waals surface area contributed by atoms with Crippen LogP contribution < -0.4 is 5.32 Å². The van der Waals surface area contributed by atoms with Crippen LogP contribution >= 0.6 is 27.3 Å². The second kappa shape index (κ2) is 5.99. The summed E-state index contributed by atoms with van der Waals surface area (Å²) in [7, 11) is 0. The maximum Gasteiger partial charge on any atom is 0.269 e. The molecular formula is C15H14BrN3OS. The van der Waals surface area contributed by atoms with Gasteiger partial charge in [0.05, 0.1) is 5.69 Å². The van der Waals surface area contributed by atoms with Crippen molar-refractivity contribution in [3.8, 4) is 11.3 Å². The zero-order chi connectivity index (χ0) is 14.8. The lowest BCUT2D eigenvalue weighted by Gasteiger charge is -2.01. The molecule has 0 atom stereocenters. The number of aromatic nitrogens is 2. The van der Waals surface area contributed by atoms with E-state index in [1.54, 1.807) is 0 Å². The van der Waals surface area contributed by atoms with Crippen LogP contribution in [0.5, 0.6) is 0 Å². The number of imidazole rings is 1. The predicted molar refractivity (Wildman–Crippen MR) is 88.8 cm³/mol. The van der Waals surface area contributed by atoms with Crippen molar-refractivity contribution < 1.29 is 4.79 Å². The molecule has 2 heterocycles. The molecule has 6 heteroatoms. The number of rotatable bonds is 4. The van der Waals surface area contributed by atoms with E-state index in [1.165, 1.54) is 11.3 Å². The van der Waals surface area contributed by atoms with E-state index in [4.69, 9.17) is 0 Å². The third-order valence-corrected chi connectivity index (χ3v) is 4.49. The molecule has 0 fully saturated rings. The number of benzene rings is 1. The topological polar surface area (TPSA) is 46.4 Å². The van der Waals surface area contributed by atoms with E-state index < -0.39 is 0 Å². The summed E-state index contributed by atoms with van der Waals surface area (Å²) >= 11 is 4.90. The molecule has 0 saturated carbocycles. The Labute approximate surface area is 135 Å². The highest BCUT2D eigenvalue weighted by Crippen LogP contribution is 2.24. The van der Waals surface area contributed by atoms with Gasteiger partial charge < -0.3 is 5.32 Å². The lowest BCUT2D eigenvalue weighted by molar-refractivity contribution is 0.0948. The molecule has 3 aromatic rings. The van der Waals surface area contributed by atoms with Gasteiger partial charge in [0.25, 0.3) is 5.91 Å². The Hall–Kier alpha value is -1.66. The normalized spacial score (nSPS) is 11.0. The van der Waals surface area contributed by atoms with Gasteiger partial charge in [-0.1, -0.05) is 35.0 Å². The number of thiazole rings is 1. The number of fused-ring (bicyclic) bond motifs is 1. The van der Waals surface area contributed by atoms with Gasteiger partial charge in [0, 0.05) is 28.2 Å². The second-order valence-electron chi connectivity index (χ2n) is 4.66. The number of hydrogen-bond donors (Lipinski definition) is 1. The fourth-order valence-electron chi connectivity index (χ4n) is 2.04. The van der Waals surface area contributed by atoms with E-state index >= 15 is 0 Å². The highest BCUT2D eigenvalue weighted by Gasteiger charge is 2.14. The summed E-state index contributed by atoms with van der Waals surface area (Å²) in [6, 6.07) is 7.98. The summed E-state index contributed by atoms with van der Waals surface area (Å²) in [5.41, 5.74) is 2.55. The van der Waals surface area contributed by atoms with E-state index in [0.717, 1.165) is 27.1 Å². The monoisotopic (exact) mass is 363 g/mol. The van der Waals surface area contributed by atoms with E-state index in [1.807, 2.05) is 47.2 Å². The summed E-state index contributed by atoms with van der Waals surface area (Å²) in [4.78, 5) is 17.5. The van der Waals surface area contributed by atoms with Crippen LogP contribution in [0.15, 0.2) is 40.3 Å². The van der Waals surface area contributed by atoms with Crippen LogP contribution in [0.2, 0.25) is 0 Å². The molecule has 0 aliphatic carbocycles. The van der Waals surface area contributed by atoms with Gasteiger partial charge in [-0.15, -0.1) is 11.3 Å². The molecule has 1 aromatic carbocycles. The van der Waals surface area contributed by atoms with Crippen LogP contribution in [-0.4, -0.2) is 21.8 Å². The SMILES string of the molecule is CCCNC(=O)c1csc2nc(-c3ccc(Br)cc3)cn12. The van der Waals surface area contributed by atoms with Crippen molar-refractivity contribution in [1.82, 2.24) is 14.7 Å². The van der Waals surface area contributed by atoms with E-state index in [9.17, 15) is 4.79 Å². The maximum absolute atomic E-state index is 12.1. The first-order valence-corrected chi connectivity index (χ1v) is 8.37. The fraction of sp³-hybridized carbons (Fsp3) is 0.200. The number of amides is 1. The molecule has 0 radical (unpaired) electrons. The molecule has 1 N–H and O–H groups in total. The van der Waals surface area contributed by atoms with Crippen molar-refractivity contribution in [3.63, 3.8) is 0 Å². The molecule has 0 aliphatic rings. The Morgan fingerprint density at radius 2 is 2.14 bits per heavy atom. The minimum absolute atomic E-state index is 0.0529. The lowest BCUT2D eigenvalue weighted by atomic mass is 10.2. The zero-order valence-electron chi connectivity index (χ0n) is 11.5. The molecule has 0 saturated heterocycles. The summed E-state index contributed by atoms with van der Waals surface area (Å²) in [6.45, 7) is 2.72. The molecule has 0 aliphatic heterocycles. The molecule has 0 bridgehead atoms. The van der Waals surface area contributed by atoms with Crippen LogP contribution in [0.1, 0.15) is 23.8 Å². The van der Waals surface area contributed by atoms with Gasteiger partial charge >= 0.3 is 0 Å². The average Bonchev–Trinajstić information content (AvgIpc) is 3.05. The van der Waals surface area contributed by atoms with Gasteiger partial charge in [0.15, 0.2) is 4.96 Å². The van der Waals surface area contributed by atoms with Crippen molar-refractivity contribution in [2.45, 2.75) is 13.3 Å². The van der Waals surface area contributed by atoms with E-state index in [-0.39, 0.29) is 5.91 Å². The number of halogens is 1. The van der Waals surface area contributed by atoms with Gasteiger partial charge in [0.1, 0.15) is 5.69 Å². The largest absolute Gasteiger partial charge is 0.351 e. The number of hydrogen-bond acceptors (Lipinski definition) is 3. The Balaban J connectivity index is 1.95. The Kier molecular flexibility index (Phi) is 4.07. The van der Waals surface area contributed by atoms with Crippen LogP contribution in [0.4, 0.5) is 0 Å². The molecule has 1 amide bonds. The van der Waals surface area contributed by atoms with Crippen molar-refractivity contribution in [2.75, 3.05) is 6.54 Å². The highest BCUT2D eigenvalue weighted by atomic mass is 79.9. The van der Waals surface area contributed by atoms with Gasteiger partial charge in [-0.05, 0) is 18.6 Å². The third-order valence-electron chi connectivity index (χ3n) is 3.12. The first-order chi connectivity index (χ1) is 10.2. The molecule has 3 rings (SSSR count). The van der Waals surface area contributed by atoms with Crippen LogP contribution in [0, 0.1) is 0 Å². The summed E-state index contributed by atoms with van der Waals surface area (Å²) < 4.78 is 2.89. The van der Waals surface area contributed by atoms with Gasteiger partial charge in [-0.2, -0.15) is 0 Å². The summed E-state index contributed by atoms with van der Waals surface area (Å²) in [5.74, 6) is -0.0529. The summed E-state index contributed by atoms with van der Waals surface area (Å²) in [5, 5.41) is 4.74. The number of carbonyl (C=O) groups excluding carboxylic acids is 1. The molecular weight excluding hydrogens is 350 g/mol. The average molecular weight is 364 g/mol. The quantitative estimate of drug-likeness (QED) is 0.762. The first kappa shape index (κ1) is 14.3. The van der Waals surface area contributed by atoms with Gasteiger partial charge in [-0.25, -0.2) is 4.98 Å². The highest BCUT2D eigenvalue weighted by molar-refractivity contribution is 9.10. The fourth-order valence-corrected chi connectivity index (χ4v) is 3.15. The van der Waals surface area contributed by atoms with Crippen LogP contribution in [-0.2, 0) is 0 Å². The lowest BCUT2D eigenvalue weighted by Crippen LogP contribution is -2.25. The van der Waals surface area contributed by atoms with Crippen molar-refractivity contribution in [2.24, 2.45) is 0 Å². The molecule has 2 aromatic heterocycles. The minimum Gasteiger partial charge on any atom is -0.351 e. The minimum atomic E-state index is -0.0529. The van der Waals surface area contributed by atoms with Crippen molar-refractivity contribution >= 4 is 38.1 Å². The molecule has 0 unspecified atom stereocenters. The summed E-state index contributed by atoms with van der Waals surface area (Å²) in [6.07, 6.45) is 2.84. The van der Waals surface area contributed by atoms with E-state index in [2.05, 4.69) is 26.2 Å². The van der Waals surface area contributed by atoms with E-state index in [0.29, 0.717) is 12.2 Å². The predicted octanol–water partition coefficient (Wildman–Crippen LogP) is 3.97.